The Morgan fingerprint density at radius 3 is 2.56 bits per heavy atom. The van der Waals surface area contributed by atoms with E-state index in [1.54, 1.807) is 12.1 Å². The number of benzene rings is 2. The van der Waals surface area contributed by atoms with Gasteiger partial charge in [0, 0.05) is 11.7 Å². The number of rotatable bonds is 7. The highest BCUT2D eigenvalue weighted by atomic mass is 79.9. The van der Waals surface area contributed by atoms with Gasteiger partial charge in [-0.05, 0) is 76.8 Å². The molecule has 2 aromatic rings. The number of carbonyl (C=O) groups is 4. The predicted molar refractivity (Wildman–Crippen MR) is 132 cm³/mol. The zero-order valence-corrected chi connectivity index (χ0v) is 20.9. The molecule has 1 aliphatic heterocycles. The monoisotopic (exact) mass is 559 g/mol. The first kappa shape index (κ1) is 25.4. The minimum atomic E-state index is -0.771. The summed E-state index contributed by atoms with van der Waals surface area (Å²) in [5, 5.41) is 4.84. The minimum Gasteiger partial charge on any atom is -0.493 e. The Bertz CT molecular complexity index is 1240. The minimum absolute atomic E-state index is 0.164. The van der Waals surface area contributed by atoms with Crippen molar-refractivity contribution < 1.29 is 33.0 Å². The van der Waals surface area contributed by atoms with Crippen molar-refractivity contribution in [2.75, 3.05) is 19.0 Å². The van der Waals surface area contributed by atoms with Gasteiger partial charge in [-0.25, -0.2) is 9.18 Å². The normalized spacial score (nSPS) is 17.4. The fourth-order valence-electron chi connectivity index (χ4n) is 4.16. The highest BCUT2D eigenvalue weighted by molar-refractivity contribution is 9.10. The smallest absolute Gasteiger partial charge is 0.331 e. The van der Waals surface area contributed by atoms with Crippen LogP contribution in [0.1, 0.15) is 31.2 Å². The van der Waals surface area contributed by atoms with Crippen LogP contribution in [0.25, 0.3) is 6.08 Å². The van der Waals surface area contributed by atoms with Crippen molar-refractivity contribution >= 4 is 51.4 Å². The topological polar surface area (TPSA) is 114 Å². The SMILES string of the molecule is COc1cc(/C=C2\C(=O)NC(=O)N(C3CCCC3)C2=O)cc(Br)c1OCC(=O)Nc1ccc(F)cc1. The molecule has 1 heterocycles. The first-order chi connectivity index (χ1) is 17.3. The van der Waals surface area contributed by atoms with E-state index in [0.29, 0.717) is 28.6 Å². The molecule has 2 N–H and O–H groups in total. The lowest BCUT2D eigenvalue weighted by molar-refractivity contribution is -0.131. The quantitative estimate of drug-likeness (QED) is 0.391. The van der Waals surface area contributed by atoms with Gasteiger partial charge in [0.05, 0.1) is 11.6 Å². The Morgan fingerprint density at radius 1 is 1.19 bits per heavy atom. The molecule has 2 aliphatic rings. The molecule has 0 radical (unpaired) electrons. The van der Waals surface area contributed by atoms with Crippen LogP contribution in [0.3, 0.4) is 0 Å². The highest BCUT2D eigenvalue weighted by Gasteiger charge is 2.40. The molecule has 2 fully saturated rings. The molecule has 1 saturated heterocycles. The van der Waals surface area contributed by atoms with E-state index < -0.39 is 29.6 Å². The lowest BCUT2D eigenvalue weighted by Crippen LogP contribution is -2.57. The summed E-state index contributed by atoms with van der Waals surface area (Å²) < 4.78 is 24.5. The van der Waals surface area contributed by atoms with Gasteiger partial charge in [-0.3, -0.25) is 24.6 Å². The van der Waals surface area contributed by atoms with Gasteiger partial charge in [-0.1, -0.05) is 12.8 Å². The number of methoxy groups -OCH3 is 1. The summed E-state index contributed by atoms with van der Waals surface area (Å²) in [5.74, 6) is -1.81. The van der Waals surface area contributed by atoms with Crippen LogP contribution in [0.4, 0.5) is 14.9 Å². The van der Waals surface area contributed by atoms with E-state index in [9.17, 15) is 23.6 Å². The molecule has 188 valence electrons. The van der Waals surface area contributed by atoms with E-state index in [-0.39, 0.29) is 29.7 Å². The van der Waals surface area contributed by atoms with Crippen LogP contribution in [0.5, 0.6) is 11.5 Å². The number of nitrogens with one attached hydrogen (secondary N) is 2. The van der Waals surface area contributed by atoms with Gasteiger partial charge in [0.2, 0.25) is 0 Å². The van der Waals surface area contributed by atoms with Gasteiger partial charge < -0.3 is 14.8 Å². The third-order valence-electron chi connectivity index (χ3n) is 5.86. The molecule has 36 heavy (non-hydrogen) atoms. The maximum atomic E-state index is 13.0. The summed E-state index contributed by atoms with van der Waals surface area (Å²) in [5.41, 5.74) is 0.697. The zero-order valence-electron chi connectivity index (χ0n) is 19.3. The number of halogens is 2. The van der Waals surface area contributed by atoms with Crippen LogP contribution in [0.2, 0.25) is 0 Å². The average Bonchev–Trinajstić information content (AvgIpc) is 3.36. The molecular weight excluding hydrogens is 537 g/mol. The first-order valence-electron chi connectivity index (χ1n) is 11.2. The van der Waals surface area contributed by atoms with Crippen molar-refractivity contribution in [2.24, 2.45) is 0 Å². The van der Waals surface area contributed by atoms with Gasteiger partial charge in [-0.15, -0.1) is 0 Å². The van der Waals surface area contributed by atoms with Crippen molar-refractivity contribution in [3.8, 4) is 11.5 Å². The Hall–Kier alpha value is -3.73. The standard InChI is InChI=1S/C25H23BrFN3O6/c1-35-20-12-14(10-18-23(32)29-25(34)30(24(18)33)17-4-2-3-5-17)11-19(26)22(20)36-13-21(31)28-16-8-6-15(27)7-9-16/h6-12,17H,2-5,13H2,1H3,(H,28,31)(H,29,32,34)/b18-10+. The molecule has 2 aromatic carbocycles. The number of hydrogen-bond donors (Lipinski definition) is 2. The number of amides is 5. The van der Waals surface area contributed by atoms with Gasteiger partial charge >= 0.3 is 6.03 Å². The number of hydrogen-bond acceptors (Lipinski definition) is 6. The fourth-order valence-corrected chi connectivity index (χ4v) is 4.74. The molecule has 4 rings (SSSR count). The Kier molecular flexibility index (Phi) is 7.68. The molecule has 0 bridgehead atoms. The van der Waals surface area contributed by atoms with Crippen LogP contribution in [0.15, 0.2) is 46.4 Å². The average molecular weight is 560 g/mol. The first-order valence-corrected chi connectivity index (χ1v) is 12.0. The third kappa shape index (κ3) is 5.56. The van der Waals surface area contributed by atoms with Crippen LogP contribution in [0, 0.1) is 5.82 Å². The second-order valence-corrected chi connectivity index (χ2v) is 9.16. The van der Waals surface area contributed by atoms with Gasteiger partial charge in [0.1, 0.15) is 11.4 Å². The van der Waals surface area contributed by atoms with Crippen molar-refractivity contribution in [2.45, 2.75) is 31.7 Å². The highest BCUT2D eigenvalue weighted by Crippen LogP contribution is 2.37. The summed E-state index contributed by atoms with van der Waals surface area (Å²) in [6.07, 6.45) is 4.64. The molecule has 9 nitrogen and oxygen atoms in total. The summed E-state index contributed by atoms with van der Waals surface area (Å²) in [6, 6.07) is 7.52. The third-order valence-corrected chi connectivity index (χ3v) is 6.45. The number of urea groups is 1. The summed E-state index contributed by atoms with van der Waals surface area (Å²) in [4.78, 5) is 51.2. The second kappa shape index (κ2) is 10.9. The summed E-state index contributed by atoms with van der Waals surface area (Å²) in [6.45, 7) is -0.355. The number of anilines is 1. The Balaban J connectivity index is 1.51. The molecule has 0 atom stereocenters. The van der Waals surface area contributed by atoms with E-state index in [0.717, 1.165) is 17.7 Å². The number of nitrogens with zero attached hydrogens (tertiary/aromatic N) is 1. The van der Waals surface area contributed by atoms with Crippen molar-refractivity contribution in [3.05, 3.63) is 57.8 Å². The molecular formula is C25H23BrFN3O6. The lowest BCUT2D eigenvalue weighted by atomic mass is 10.0. The van der Waals surface area contributed by atoms with E-state index in [1.165, 1.54) is 37.5 Å². The molecule has 0 spiro atoms. The van der Waals surface area contributed by atoms with Crippen LogP contribution < -0.4 is 20.1 Å². The Morgan fingerprint density at radius 2 is 1.89 bits per heavy atom. The summed E-state index contributed by atoms with van der Waals surface area (Å²) >= 11 is 3.38. The molecule has 1 saturated carbocycles. The second-order valence-electron chi connectivity index (χ2n) is 8.31. The van der Waals surface area contributed by atoms with Gasteiger partial charge in [-0.2, -0.15) is 0 Å². The van der Waals surface area contributed by atoms with Crippen molar-refractivity contribution in [3.63, 3.8) is 0 Å². The van der Waals surface area contributed by atoms with Crippen LogP contribution in [-0.4, -0.2) is 48.4 Å². The zero-order chi connectivity index (χ0) is 25.8. The van der Waals surface area contributed by atoms with Crippen molar-refractivity contribution in [1.82, 2.24) is 10.2 Å². The van der Waals surface area contributed by atoms with E-state index in [4.69, 9.17) is 9.47 Å². The molecule has 1 aliphatic carbocycles. The fraction of sp³-hybridized carbons (Fsp3) is 0.280. The molecule has 0 unspecified atom stereocenters. The lowest BCUT2D eigenvalue weighted by Gasteiger charge is -2.31. The maximum Gasteiger partial charge on any atom is 0.331 e. The number of ether oxygens (including phenoxy) is 2. The summed E-state index contributed by atoms with van der Waals surface area (Å²) in [7, 11) is 1.41. The van der Waals surface area contributed by atoms with Crippen LogP contribution in [-0.2, 0) is 14.4 Å². The van der Waals surface area contributed by atoms with Gasteiger partial charge in [0.15, 0.2) is 18.1 Å². The molecule has 5 amide bonds. The van der Waals surface area contributed by atoms with E-state index >= 15 is 0 Å². The largest absolute Gasteiger partial charge is 0.493 e. The predicted octanol–water partition coefficient (Wildman–Crippen LogP) is 4.02. The number of imide groups is 2. The van der Waals surface area contributed by atoms with E-state index in [1.807, 2.05) is 0 Å². The number of barbiturate groups is 1. The molecule has 0 aromatic heterocycles. The number of carbonyl (C=O) groups excluding carboxylic acids is 4. The van der Waals surface area contributed by atoms with E-state index in [2.05, 4.69) is 26.6 Å². The molecule has 11 heteroatoms. The van der Waals surface area contributed by atoms with Gasteiger partial charge in [0.25, 0.3) is 17.7 Å². The van der Waals surface area contributed by atoms with Crippen LogP contribution >= 0.6 is 15.9 Å². The Labute approximate surface area is 214 Å². The van der Waals surface area contributed by atoms with Crippen molar-refractivity contribution in [1.29, 1.82) is 0 Å². The maximum absolute atomic E-state index is 13.0.